The summed E-state index contributed by atoms with van der Waals surface area (Å²) in [6.07, 6.45) is 8.82. The zero-order valence-electron chi connectivity index (χ0n) is 17.3. The van der Waals surface area contributed by atoms with Gasteiger partial charge in [0.15, 0.2) is 0 Å². The van der Waals surface area contributed by atoms with Crippen molar-refractivity contribution in [2.45, 2.75) is 39.9 Å². The Hall–Kier alpha value is -0.899. The van der Waals surface area contributed by atoms with E-state index < -0.39 is 8.07 Å². The van der Waals surface area contributed by atoms with Crippen LogP contribution in [0, 0.1) is 6.08 Å². The van der Waals surface area contributed by atoms with Gasteiger partial charge >= 0.3 is 37.6 Å². The van der Waals surface area contributed by atoms with E-state index in [9.17, 15) is 5.11 Å². The first-order valence-electron chi connectivity index (χ1n) is 8.84. The molecular formula is C23H31Cl2OSiTi. The van der Waals surface area contributed by atoms with Gasteiger partial charge in [0.25, 0.3) is 0 Å². The molecule has 0 saturated carbocycles. The standard InChI is InChI=1S/C12H10O.C8H13Si.C3H6.2ClH.Ti/c13-12-8-4-7-11(9-12)10-5-2-1-3-6-10;1-9(2,3)8-6-4-5-7-8;1-3-2;;;/h1-9,13H;4,6H,5H2,1-3H3;1-2H3;2*1H;/q;-1;;;;+1. The second kappa shape index (κ2) is 15.0. The van der Waals surface area contributed by atoms with Crippen LogP contribution >= 0.6 is 24.8 Å². The predicted octanol–water partition coefficient (Wildman–Crippen LogP) is 7.20. The van der Waals surface area contributed by atoms with Crippen molar-refractivity contribution in [1.29, 1.82) is 0 Å². The molecule has 0 aromatic heterocycles. The Bertz CT molecular complexity index is 762. The second-order valence-electron chi connectivity index (χ2n) is 7.36. The minimum Gasteiger partial charge on any atom is -0.508 e. The number of allylic oxidation sites excluding steroid dienone is 4. The van der Waals surface area contributed by atoms with Gasteiger partial charge in [-0.25, -0.2) is 11.3 Å². The van der Waals surface area contributed by atoms with Gasteiger partial charge in [0, 0.05) is 8.07 Å². The molecule has 0 saturated heterocycles. The number of aromatic hydroxyl groups is 1. The van der Waals surface area contributed by atoms with Crippen LogP contribution in [0.5, 0.6) is 5.75 Å². The molecule has 0 radical (unpaired) electrons. The molecule has 151 valence electrons. The minimum atomic E-state index is -1.01. The maximum absolute atomic E-state index is 9.27. The Kier molecular flexibility index (Phi) is 15.7. The summed E-state index contributed by atoms with van der Waals surface area (Å²) >= 11 is 2.08. The fourth-order valence-corrected chi connectivity index (χ4v) is 3.49. The molecule has 0 unspecified atom stereocenters. The van der Waals surface area contributed by atoms with Gasteiger partial charge in [-0.3, -0.25) is 6.08 Å². The van der Waals surface area contributed by atoms with Crippen molar-refractivity contribution in [3.63, 3.8) is 0 Å². The first kappa shape index (κ1) is 29.3. The molecule has 0 atom stereocenters. The second-order valence-corrected chi connectivity index (χ2v) is 14.0. The molecule has 0 spiro atoms. The third-order valence-electron chi connectivity index (χ3n) is 3.46. The van der Waals surface area contributed by atoms with E-state index in [2.05, 4.69) is 71.7 Å². The van der Waals surface area contributed by atoms with E-state index in [4.69, 9.17) is 0 Å². The first-order chi connectivity index (χ1) is 12.2. The van der Waals surface area contributed by atoms with Crippen molar-refractivity contribution in [3.8, 4) is 16.9 Å². The van der Waals surface area contributed by atoms with Gasteiger partial charge in [-0.2, -0.15) is 6.08 Å². The van der Waals surface area contributed by atoms with Gasteiger partial charge in [-0.15, -0.1) is 31.2 Å². The fourth-order valence-electron chi connectivity index (χ4n) is 2.24. The van der Waals surface area contributed by atoms with Crippen LogP contribution in [-0.4, -0.2) is 17.0 Å². The number of phenols is 1. The zero-order valence-corrected chi connectivity index (χ0v) is 21.5. The summed E-state index contributed by atoms with van der Waals surface area (Å²) in [5.74, 6) is 0.307. The summed E-state index contributed by atoms with van der Waals surface area (Å²) in [5, 5.41) is 10.8. The van der Waals surface area contributed by atoms with Crippen LogP contribution < -0.4 is 0 Å². The summed E-state index contributed by atoms with van der Waals surface area (Å²) in [5.41, 5.74) is 2.17. The van der Waals surface area contributed by atoms with E-state index in [0.717, 1.165) is 17.5 Å². The van der Waals surface area contributed by atoms with E-state index >= 15 is 0 Å². The van der Waals surface area contributed by atoms with E-state index in [0.29, 0.717) is 5.75 Å². The number of halogens is 2. The quantitative estimate of drug-likeness (QED) is 0.364. The van der Waals surface area contributed by atoms with Gasteiger partial charge in [0.1, 0.15) is 5.75 Å². The molecular weight excluding hydrogens is 439 g/mol. The molecule has 3 rings (SSSR count). The normalized spacial score (nSPS) is 11.5. The van der Waals surface area contributed by atoms with Crippen LogP contribution in [-0.2, 0) is 20.0 Å². The molecule has 1 aliphatic rings. The molecule has 0 bridgehead atoms. The van der Waals surface area contributed by atoms with Crippen molar-refractivity contribution >= 4 is 36.7 Å². The Morgan fingerprint density at radius 2 is 1.46 bits per heavy atom. The number of phenolic OH excluding ortho intramolecular Hbond substituents is 1. The zero-order chi connectivity index (χ0) is 19.6. The summed E-state index contributed by atoms with van der Waals surface area (Å²) in [6, 6.07) is 17.3. The summed E-state index contributed by atoms with van der Waals surface area (Å²) in [7, 11) is -1.01. The van der Waals surface area contributed by atoms with Gasteiger partial charge < -0.3 is 5.11 Å². The molecule has 2 aromatic rings. The Morgan fingerprint density at radius 1 is 0.929 bits per heavy atom. The van der Waals surface area contributed by atoms with Crippen molar-refractivity contribution in [2.75, 3.05) is 0 Å². The van der Waals surface area contributed by atoms with E-state index in [1.165, 1.54) is 9.01 Å². The van der Waals surface area contributed by atoms with Gasteiger partial charge in [-0.1, -0.05) is 62.1 Å². The minimum absolute atomic E-state index is 0. The number of hydrogen-bond acceptors (Lipinski definition) is 1. The van der Waals surface area contributed by atoms with Crippen molar-refractivity contribution in [3.05, 3.63) is 78.0 Å². The monoisotopic (exact) mass is 469 g/mol. The maximum atomic E-state index is 9.27. The summed E-state index contributed by atoms with van der Waals surface area (Å²) in [6.45, 7) is 11.2. The van der Waals surface area contributed by atoms with Crippen molar-refractivity contribution in [2.24, 2.45) is 0 Å². The van der Waals surface area contributed by atoms with Crippen LogP contribution in [0.15, 0.2) is 71.9 Å². The SMILES string of the molecule is C[C](C)=[Ti+].C[Si](C)(C)C1=[C-]CC=C1.Cl.Cl.Oc1cccc(-c2ccccc2)c1. The number of hydrogen-bond donors (Lipinski definition) is 1. The smallest absolute Gasteiger partial charge is 0.116 e. The molecule has 0 aliphatic heterocycles. The number of benzene rings is 2. The van der Waals surface area contributed by atoms with Gasteiger partial charge in [0.2, 0.25) is 0 Å². The van der Waals surface area contributed by atoms with Crippen LogP contribution in [0.25, 0.3) is 11.1 Å². The molecule has 1 nitrogen and oxygen atoms in total. The van der Waals surface area contributed by atoms with Crippen molar-refractivity contribution in [1.82, 2.24) is 0 Å². The summed E-state index contributed by atoms with van der Waals surface area (Å²) < 4.78 is 1.42. The topological polar surface area (TPSA) is 20.2 Å². The third-order valence-corrected chi connectivity index (χ3v) is 5.42. The fraction of sp³-hybridized carbons (Fsp3) is 0.261. The molecule has 1 N–H and O–H groups in total. The average Bonchev–Trinajstić information content (AvgIpc) is 3.11. The van der Waals surface area contributed by atoms with Gasteiger partial charge in [-0.05, 0) is 23.3 Å². The predicted molar refractivity (Wildman–Crippen MR) is 128 cm³/mol. The molecule has 28 heavy (non-hydrogen) atoms. The van der Waals surface area contributed by atoms with Crippen LogP contribution in [0.1, 0.15) is 20.3 Å². The molecule has 0 fully saturated rings. The Morgan fingerprint density at radius 3 is 1.86 bits per heavy atom. The molecule has 1 aliphatic carbocycles. The molecule has 5 heteroatoms. The largest absolute Gasteiger partial charge is 0.508 e. The van der Waals surface area contributed by atoms with E-state index in [1.807, 2.05) is 42.5 Å². The van der Waals surface area contributed by atoms with Crippen molar-refractivity contribution < 1.29 is 25.1 Å². The van der Waals surface area contributed by atoms with Crippen LogP contribution in [0.4, 0.5) is 0 Å². The van der Waals surface area contributed by atoms with Gasteiger partial charge in [0.05, 0.1) is 0 Å². The van der Waals surface area contributed by atoms with E-state index in [-0.39, 0.29) is 24.8 Å². The maximum Gasteiger partial charge on any atom is 0.116 e. The molecule has 2 aromatic carbocycles. The third kappa shape index (κ3) is 12.5. The number of rotatable bonds is 2. The summed E-state index contributed by atoms with van der Waals surface area (Å²) in [4.78, 5) is 0. The van der Waals surface area contributed by atoms with E-state index in [1.54, 1.807) is 12.1 Å². The molecule has 0 heterocycles. The average molecular weight is 470 g/mol. The van der Waals surface area contributed by atoms with Crippen LogP contribution in [0.2, 0.25) is 19.6 Å². The first-order valence-corrected chi connectivity index (χ1v) is 13.1. The molecule has 0 amide bonds. The van der Waals surface area contributed by atoms with Crippen LogP contribution in [0.3, 0.4) is 0 Å². The Labute approximate surface area is 195 Å². The Balaban J connectivity index is 0.